The molecule has 68 valence electrons. The molecule has 1 aromatic rings. The molecule has 13 heavy (non-hydrogen) atoms. The van der Waals surface area contributed by atoms with Crippen LogP contribution in [-0.2, 0) is 4.79 Å². The fraction of sp³-hybridized carbons (Fsp3) is 0.222. The Morgan fingerprint density at radius 2 is 2.15 bits per heavy atom. The van der Waals surface area contributed by atoms with Crippen molar-refractivity contribution in [2.45, 2.75) is 13.0 Å². The van der Waals surface area contributed by atoms with E-state index in [2.05, 4.69) is 4.99 Å². The van der Waals surface area contributed by atoms with Gasteiger partial charge in [0.05, 0.1) is 16.1 Å². The van der Waals surface area contributed by atoms with Crippen LogP contribution in [0.3, 0.4) is 0 Å². The van der Waals surface area contributed by atoms with Crippen molar-refractivity contribution in [2.75, 3.05) is 0 Å². The Bertz CT molecular complexity index is 359. The molecule has 0 heterocycles. The van der Waals surface area contributed by atoms with Crippen LogP contribution in [0, 0.1) is 0 Å². The quantitative estimate of drug-likeness (QED) is 0.550. The van der Waals surface area contributed by atoms with Gasteiger partial charge in [0.2, 0.25) is 6.08 Å². The van der Waals surface area contributed by atoms with E-state index in [9.17, 15) is 4.79 Å². The van der Waals surface area contributed by atoms with Gasteiger partial charge in [0.25, 0.3) is 0 Å². The van der Waals surface area contributed by atoms with Gasteiger partial charge in [0.15, 0.2) is 0 Å². The lowest BCUT2D eigenvalue weighted by Gasteiger charge is -2.07. The molecule has 0 aliphatic carbocycles. The average molecular weight is 216 g/mol. The number of carbonyl (C=O) groups excluding carboxylic acids is 1. The summed E-state index contributed by atoms with van der Waals surface area (Å²) < 4.78 is 0. The topological polar surface area (TPSA) is 29.4 Å². The molecule has 0 spiro atoms. The van der Waals surface area contributed by atoms with Crippen LogP contribution in [-0.4, -0.2) is 6.08 Å². The summed E-state index contributed by atoms with van der Waals surface area (Å²) in [6.45, 7) is 1.75. The van der Waals surface area contributed by atoms with Gasteiger partial charge in [-0.25, -0.2) is 4.79 Å². The van der Waals surface area contributed by atoms with Crippen LogP contribution in [0.4, 0.5) is 0 Å². The first-order valence-electron chi connectivity index (χ1n) is 3.67. The molecular weight excluding hydrogens is 209 g/mol. The van der Waals surface area contributed by atoms with Crippen molar-refractivity contribution in [2.24, 2.45) is 4.99 Å². The van der Waals surface area contributed by atoms with Crippen LogP contribution in [0.15, 0.2) is 23.2 Å². The highest BCUT2D eigenvalue weighted by Gasteiger charge is 2.09. The van der Waals surface area contributed by atoms with Crippen LogP contribution < -0.4 is 0 Å². The Balaban J connectivity index is 3.14. The number of hydrogen-bond donors (Lipinski definition) is 0. The molecule has 0 radical (unpaired) electrons. The van der Waals surface area contributed by atoms with Gasteiger partial charge >= 0.3 is 0 Å². The minimum absolute atomic E-state index is 0.302. The van der Waals surface area contributed by atoms with Gasteiger partial charge in [0, 0.05) is 0 Å². The number of hydrogen-bond acceptors (Lipinski definition) is 2. The number of benzene rings is 1. The van der Waals surface area contributed by atoms with E-state index in [1.165, 1.54) is 6.08 Å². The molecule has 0 amide bonds. The van der Waals surface area contributed by atoms with Crippen LogP contribution in [0.25, 0.3) is 0 Å². The van der Waals surface area contributed by atoms with Crippen molar-refractivity contribution in [1.29, 1.82) is 0 Å². The average Bonchev–Trinajstić information content (AvgIpc) is 2.10. The second kappa shape index (κ2) is 4.43. The van der Waals surface area contributed by atoms with Crippen LogP contribution in [0.2, 0.25) is 10.0 Å². The van der Waals surface area contributed by atoms with E-state index in [0.717, 1.165) is 5.56 Å². The van der Waals surface area contributed by atoms with E-state index in [1.54, 1.807) is 25.1 Å². The standard InChI is InChI=1S/C9H7Cl2NO/c1-6(12-5-13)7-3-2-4-8(10)9(7)11/h2-4,6H,1H3. The highest BCUT2D eigenvalue weighted by atomic mass is 35.5. The second-order valence-electron chi connectivity index (χ2n) is 2.54. The third-order valence-electron chi connectivity index (χ3n) is 1.68. The first-order chi connectivity index (χ1) is 6.16. The molecule has 0 saturated carbocycles. The predicted molar refractivity (Wildman–Crippen MR) is 53.0 cm³/mol. The molecule has 0 bridgehead atoms. The zero-order valence-electron chi connectivity index (χ0n) is 6.92. The lowest BCUT2D eigenvalue weighted by Crippen LogP contribution is -1.90. The number of halogens is 2. The van der Waals surface area contributed by atoms with E-state index in [1.807, 2.05) is 0 Å². The molecule has 1 aromatic carbocycles. The molecule has 1 unspecified atom stereocenters. The van der Waals surface area contributed by atoms with E-state index in [4.69, 9.17) is 23.2 Å². The summed E-state index contributed by atoms with van der Waals surface area (Å²) in [5.41, 5.74) is 0.734. The van der Waals surface area contributed by atoms with Crippen molar-refractivity contribution in [3.05, 3.63) is 33.8 Å². The zero-order chi connectivity index (χ0) is 9.84. The number of aliphatic imine (C=N–C) groups is 1. The maximum absolute atomic E-state index is 10.0. The highest BCUT2D eigenvalue weighted by Crippen LogP contribution is 2.30. The van der Waals surface area contributed by atoms with Crippen LogP contribution >= 0.6 is 23.2 Å². The molecule has 4 heteroatoms. The van der Waals surface area contributed by atoms with Gasteiger partial charge in [-0.3, -0.25) is 0 Å². The molecule has 0 aliphatic heterocycles. The molecule has 0 aromatic heterocycles. The van der Waals surface area contributed by atoms with Gasteiger partial charge in [-0.05, 0) is 18.6 Å². The lowest BCUT2D eigenvalue weighted by atomic mass is 10.1. The predicted octanol–water partition coefficient (Wildman–Crippen LogP) is 3.39. The Morgan fingerprint density at radius 1 is 1.46 bits per heavy atom. The Hall–Kier alpha value is -0.820. The van der Waals surface area contributed by atoms with Crippen molar-refractivity contribution >= 4 is 29.3 Å². The molecule has 0 saturated heterocycles. The fourth-order valence-electron chi connectivity index (χ4n) is 0.992. The Kier molecular flexibility index (Phi) is 3.49. The number of isocyanates is 1. The third-order valence-corrected chi connectivity index (χ3v) is 2.51. The summed E-state index contributed by atoms with van der Waals surface area (Å²) in [4.78, 5) is 13.6. The second-order valence-corrected chi connectivity index (χ2v) is 3.32. The van der Waals surface area contributed by atoms with Gasteiger partial charge < -0.3 is 0 Å². The molecule has 1 rings (SSSR count). The Labute approximate surface area is 86.2 Å². The van der Waals surface area contributed by atoms with Crippen LogP contribution in [0.5, 0.6) is 0 Å². The number of rotatable bonds is 2. The van der Waals surface area contributed by atoms with E-state index >= 15 is 0 Å². The molecule has 0 N–H and O–H groups in total. The SMILES string of the molecule is CC(N=C=O)c1cccc(Cl)c1Cl. The highest BCUT2D eigenvalue weighted by molar-refractivity contribution is 6.42. The summed E-state index contributed by atoms with van der Waals surface area (Å²) >= 11 is 11.7. The summed E-state index contributed by atoms with van der Waals surface area (Å²) in [7, 11) is 0. The Morgan fingerprint density at radius 3 is 2.77 bits per heavy atom. The van der Waals surface area contributed by atoms with Gasteiger partial charge in [-0.15, -0.1) is 0 Å². The molecule has 0 fully saturated rings. The summed E-state index contributed by atoms with van der Waals surface area (Å²) in [5, 5.41) is 0.905. The smallest absolute Gasteiger partial charge is 0.211 e. The summed E-state index contributed by atoms with van der Waals surface area (Å²) in [5.74, 6) is 0. The fourth-order valence-corrected chi connectivity index (χ4v) is 1.46. The van der Waals surface area contributed by atoms with E-state index in [-0.39, 0.29) is 6.04 Å². The minimum Gasteiger partial charge on any atom is -0.211 e. The first kappa shape index (κ1) is 10.3. The monoisotopic (exact) mass is 215 g/mol. The lowest BCUT2D eigenvalue weighted by molar-refractivity contribution is 0.559. The summed E-state index contributed by atoms with van der Waals surface area (Å²) in [6, 6.07) is 4.92. The molecule has 0 aliphatic rings. The largest absolute Gasteiger partial charge is 0.235 e. The molecule has 2 nitrogen and oxygen atoms in total. The third kappa shape index (κ3) is 2.31. The zero-order valence-corrected chi connectivity index (χ0v) is 8.43. The molecular formula is C9H7Cl2NO. The van der Waals surface area contributed by atoms with Gasteiger partial charge in [-0.1, -0.05) is 35.3 Å². The van der Waals surface area contributed by atoms with Gasteiger partial charge in [-0.2, -0.15) is 4.99 Å². The van der Waals surface area contributed by atoms with Crippen molar-refractivity contribution in [1.82, 2.24) is 0 Å². The van der Waals surface area contributed by atoms with Crippen molar-refractivity contribution in [3.8, 4) is 0 Å². The summed E-state index contributed by atoms with van der Waals surface area (Å²) in [6.07, 6.45) is 1.49. The van der Waals surface area contributed by atoms with E-state index < -0.39 is 0 Å². The van der Waals surface area contributed by atoms with E-state index in [0.29, 0.717) is 10.0 Å². The van der Waals surface area contributed by atoms with Crippen molar-refractivity contribution < 1.29 is 4.79 Å². The number of nitrogens with zero attached hydrogens (tertiary/aromatic N) is 1. The maximum Gasteiger partial charge on any atom is 0.235 e. The van der Waals surface area contributed by atoms with Crippen molar-refractivity contribution in [3.63, 3.8) is 0 Å². The minimum atomic E-state index is -0.302. The maximum atomic E-state index is 10.0. The normalized spacial score (nSPS) is 11.9. The first-order valence-corrected chi connectivity index (χ1v) is 4.43. The van der Waals surface area contributed by atoms with Crippen LogP contribution in [0.1, 0.15) is 18.5 Å². The van der Waals surface area contributed by atoms with Gasteiger partial charge in [0.1, 0.15) is 0 Å². The molecule has 1 atom stereocenters.